The molecule has 4 nitrogen and oxygen atoms in total. The summed E-state index contributed by atoms with van der Waals surface area (Å²) in [6.07, 6.45) is 7.90. The van der Waals surface area contributed by atoms with Gasteiger partial charge < -0.3 is 9.47 Å². The number of esters is 2. The van der Waals surface area contributed by atoms with E-state index in [0.29, 0.717) is 6.42 Å². The molecule has 0 bridgehead atoms. The smallest absolute Gasteiger partial charge is 0.328 e. The Morgan fingerprint density at radius 3 is 2.47 bits per heavy atom. The van der Waals surface area contributed by atoms with Crippen LogP contribution in [0.1, 0.15) is 52.9 Å². The van der Waals surface area contributed by atoms with Crippen LogP contribution in [0.4, 0.5) is 0 Å². The Kier molecular flexibility index (Phi) is 5.15. The molecule has 19 heavy (non-hydrogen) atoms. The van der Waals surface area contributed by atoms with Crippen molar-refractivity contribution in [1.29, 1.82) is 0 Å². The molecule has 0 aromatic carbocycles. The minimum atomic E-state index is -1.25. The zero-order chi connectivity index (χ0) is 14.5. The van der Waals surface area contributed by atoms with Gasteiger partial charge in [-0.3, -0.25) is 9.59 Å². The van der Waals surface area contributed by atoms with Gasteiger partial charge in [0.15, 0.2) is 5.41 Å². The average molecular weight is 268 g/mol. The number of carbonyl (C=O) groups excluding carboxylic acids is 2. The molecule has 0 aromatic heterocycles. The first-order valence-corrected chi connectivity index (χ1v) is 6.90. The summed E-state index contributed by atoms with van der Waals surface area (Å²) in [5.41, 5.74) is -1.91. The topological polar surface area (TPSA) is 52.6 Å². The summed E-state index contributed by atoms with van der Waals surface area (Å²) >= 11 is 0. The third-order valence-corrected chi connectivity index (χ3v) is 3.46. The number of hydrogen-bond acceptors (Lipinski definition) is 4. The highest BCUT2D eigenvalue weighted by Gasteiger charge is 2.50. The first-order valence-electron chi connectivity index (χ1n) is 6.90. The van der Waals surface area contributed by atoms with E-state index in [-0.39, 0.29) is 0 Å². The summed E-state index contributed by atoms with van der Waals surface area (Å²) in [6, 6.07) is 0. The second-order valence-electron chi connectivity index (χ2n) is 5.60. The zero-order valence-corrected chi connectivity index (χ0v) is 12.3. The lowest BCUT2D eigenvalue weighted by Gasteiger charge is -2.35. The Morgan fingerprint density at radius 1 is 1.26 bits per heavy atom. The van der Waals surface area contributed by atoms with Crippen molar-refractivity contribution >= 4 is 11.9 Å². The molecule has 0 spiro atoms. The highest BCUT2D eigenvalue weighted by atomic mass is 16.6. The maximum absolute atomic E-state index is 12.2. The third kappa shape index (κ3) is 3.58. The summed E-state index contributed by atoms with van der Waals surface area (Å²) in [5, 5.41) is 0. The maximum Gasteiger partial charge on any atom is 0.328 e. The molecule has 0 fully saturated rings. The van der Waals surface area contributed by atoms with Gasteiger partial charge in [0.25, 0.3) is 0 Å². The molecule has 0 radical (unpaired) electrons. The Morgan fingerprint density at radius 2 is 1.95 bits per heavy atom. The zero-order valence-electron chi connectivity index (χ0n) is 12.3. The van der Waals surface area contributed by atoms with E-state index in [9.17, 15) is 9.59 Å². The van der Waals surface area contributed by atoms with E-state index in [1.165, 1.54) is 7.11 Å². The van der Waals surface area contributed by atoms with Gasteiger partial charge in [-0.15, -0.1) is 0 Å². The Hall–Kier alpha value is -1.32. The minimum Gasteiger partial charge on any atom is -0.468 e. The van der Waals surface area contributed by atoms with Crippen LogP contribution in [0.25, 0.3) is 0 Å². The Labute approximate surface area is 115 Å². The fourth-order valence-corrected chi connectivity index (χ4v) is 2.23. The monoisotopic (exact) mass is 268 g/mol. The van der Waals surface area contributed by atoms with Crippen molar-refractivity contribution in [2.45, 2.75) is 58.5 Å². The molecule has 1 aliphatic rings. The van der Waals surface area contributed by atoms with Gasteiger partial charge in [0.05, 0.1) is 7.11 Å². The molecule has 1 aliphatic heterocycles. The van der Waals surface area contributed by atoms with Crippen LogP contribution < -0.4 is 0 Å². The Balaban J connectivity index is 2.88. The van der Waals surface area contributed by atoms with Crippen molar-refractivity contribution in [2.75, 3.05) is 7.11 Å². The lowest BCUT2D eigenvalue weighted by molar-refractivity contribution is -0.175. The molecule has 108 valence electrons. The fourth-order valence-electron chi connectivity index (χ4n) is 2.23. The van der Waals surface area contributed by atoms with E-state index in [0.717, 1.165) is 25.7 Å². The standard InChI is InChI=1S/C15H24O4/c1-5-6-7-8-9-15(12(16)18-4)11-10-14(2,3)19-13(15)17/h10-11H,5-9H2,1-4H3. The normalized spacial score (nSPS) is 24.9. The average Bonchev–Trinajstić information content (AvgIpc) is 2.35. The van der Waals surface area contributed by atoms with Gasteiger partial charge in [0.1, 0.15) is 5.60 Å². The number of hydrogen-bond donors (Lipinski definition) is 0. The summed E-state index contributed by atoms with van der Waals surface area (Å²) in [5.74, 6) is -1.02. The largest absolute Gasteiger partial charge is 0.468 e. The summed E-state index contributed by atoms with van der Waals surface area (Å²) in [4.78, 5) is 24.2. The van der Waals surface area contributed by atoms with Crippen molar-refractivity contribution in [2.24, 2.45) is 5.41 Å². The number of methoxy groups -OCH3 is 1. The number of ether oxygens (including phenoxy) is 2. The van der Waals surface area contributed by atoms with Crippen LogP contribution in [0.3, 0.4) is 0 Å². The van der Waals surface area contributed by atoms with Crippen molar-refractivity contribution in [1.82, 2.24) is 0 Å². The fraction of sp³-hybridized carbons (Fsp3) is 0.733. The molecular weight excluding hydrogens is 244 g/mol. The van der Waals surface area contributed by atoms with Crippen LogP contribution in [0, 0.1) is 5.41 Å². The van der Waals surface area contributed by atoms with Gasteiger partial charge >= 0.3 is 11.9 Å². The number of unbranched alkanes of at least 4 members (excludes halogenated alkanes) is 3. The van der Waals surface area contributed by atoms with Crippen LogP contribution in [-0.4, -0.2) is 24.6 Å². The molecular formula is C15H24O4. The Bertz CT molecular complexity index is 370. The maximum atomic E-state index is 12.2. The van der Waals surface area contributed by atoms with E-state index in [1.54, 1.807) is 26.0 Å². The first kappa shape index (κ1) is 15.7. The van der Waals surface area contributed by atoms with Crippen molar-refractivity contribution < 1.29 is 19.1 Å². The van der Waals surface area contributed by atoms with Crippen LogP contribution in [0.5, 0.6) is 0 Å². The number of carbonyl (C=O) groups is 2. The SMILES string of the molecule is CCCCCCC1(C(=O)OC)C=CC(C)(C)OC1=O. The molecule has 1 rings (SSSR count). The highest BCUT2D eigenvalue weighted by Crippen LogP contribution is 2.37. The second kappa shape index (κ2) is 6.22. The third-order valence-electron chi connectivity index (χ3n) is 3.46. The minimum absolute atomic E-state index is 0.449. The molecule has 0 N–H and O–H groups in total. The molecule has 0 saturated heterocycles. The predicted octanol–water partition coefficient (Wildman–Crippen LogP) is 3.01. The molecule has 0 amide bonds. The van der Waals surface area contributed by atoms with Gasteiger partial charge in [0, 0.05) is 0 Å². The van der Waals surface area contributed by atoms with Crippen molar-refractivity contribution in [3.63, 3.8) is 0 Å². The number of cyclic esters (lactones) is 1. The van der Waals surface area contributed by atoms with Crippen molar-refractivity contribution in [3.8, 4) is 0 Å². The van der Waals surface area contributed by atoms with Gasteiger partial charge in [-0.1, -0.05) is 38.7 Å². The molecule has 1 unspecified atom stereocenters. The summed E-state index contributed by atoms with van der Waals surface area (Å²) in [7, 11) is 1.30. The van der Waals surface area contributed by atoms with Crippen molar-refractivity contribution in [3.05, 3.63) is 12.2 Å². The second-order valence-corrected chi connectivity index (χ2v) is 5.60. The van der Waals surface area contributed by atoms with Gasteiger partial charge in [-0.2, -0.15) is 0 Å². The van der Waals surface area contributed by atoms with E-state index >= 15 is 0 Å². The van der Waals surface area contributed by atoms with Crippen LogP contribution in [0.15, 0.2) is 12.2 Å². The quantitative estimate of drug-likeness (QED) is 0.321. The van der Waals surface area contributed by atoms with E-state index < -0.39 is 23.0 Å². The van der Waals surface area contributed by atoms with Gasteiger partial charge in [0.2, 0.25) is 0 Å². The molecule has 4 heteroatoms. The number of rotatable bonds is 6. The molecule has 1 heterocycles. The lowest BCUT2D eigenvalue weighted by Crippen LogP contribution is -2.46. The van der Waals surface area contributed by atoms with Crippen LogP contribution in [-0.2, 0) is 19.1 Å². The summed E-state index contributed by atoms with van der Waals surface area (Å²) in [6.45, 7) is 5.70. The lowest BCUT2D eigenvalue weighted by atomic mass is 9.79. The van der Waals surface area contributed by atoms with E-state index in [1.807, 2.05) is 0 Å². The molecule has 0 aliphatic carbocycles. The van der Waals surface area contributed by atoms with Crippen LogP contribution in [0.2, 0.25) is 0 Å². The van der Waals surface area contributed by atoms with Gasteiger partial charge in [-0.05, 0) is 26.3 Å². The first-order chi connectivity index (χ1) is 8.88. The molecule has 1 atom stereocenters. The van der Waals surface area contributed by atoms with Gasteiger partial charge in [-0.25, -0.2) is 0 Å². The van der Waals surface area contributed by atoms with E-state index in [2.05, 4.69) is 6.92 Å². The van der Waals surface area contributed by atoms with Crippen LogP contribution >= 0.6 is 0 Å². The van der Waals surface area contributed by atoms with E-state index in [4.69, 9.17) is 9.47 Å². The summed E-state index contributed by atoms with van der Waals surface area (Å²) < 4.78 is 10.1. The molecule has 0 aromatic rings. The predicted molar refractivity (Wildman–Crippen MR) is 72.5 cm³/mol. The molecule has 0 saturated carbocycles. The highest BCUT2D eigenvalue weighted by molar-refractivity contribution is 6.03.